The van der Waals surface area contributed by atoms with Crippen LogP contribution in [0, 0.1) is 0 Å². The number of thiophene rings is 1. The average molecular weight is 483 g/mol. The standard InChI is InChI=1S/C20H23BrN2O5S/c1-2-27-15(24)11-28-17-16(21)18(29-19(17)20(25)26)12-4-3-5-14(10-12)23-13-6-8-22-9-7-13/h3-5,10,13,22-23H,2,6-9,11H2,1H3,(H,25,26). The van der Waals surface area contributed by atoms with Gasteiger partial charge in [0.05, 0.1) is 16.0 Å². The predicted octanol–water partition coefficient (Wildman–Crippen LogP) is 3.98. The van der Waals surface area contributed by atoms with Crippen LogP contribution in [-0.4, -0.2) is 49.4 Å². The van der Waals surface area contributed by atoms with Gasteiger partial charge >= 0.3 is 11.9 Å². The zero-order chi connectivity index (χ0) is 20.8. The highest BCUT2D eigenvalue weighted by molar-refractivity contribution is 9.10. The van der Waals surface area contributed by atoms with Gasteiger partial charge in [-0.3, -0.25) is 0 Å². The summed E-state index contributed by atoms with van der Waals surface area (Å²) in [6, 6.07) is 8.27. The van der Waals surface area contributed by atoms with E-state index in [2.05, 4.69) is 26.6 Å². The number of carbonyl (C=O) groups is 2. The molecule has 9 heteroatoms. The van der Waals surface area contributed by atoms with Crippen LogP contribution in [0.4, 0.5) is 5.69 Å². The van der Waals surface area contributed by atoms with E-state index < -0.39 is 11.9 Å². The van der Waals surface area contributed by atoms with Crippen LogP contribution in [0.1, 0.15) is 29.4 Å². The van der Waals surface area contributed by atoms with Crippen molar-refractivity contribution in [2.24, 2.45) is 0 Å². The number of anilines is 1. The maximum atomic E-state index is 11.7. The van der Waals surface area contributed by atoms with Gasteiger partial charge in [-0.25, -0.2) is 9.59 Å². The SMILES string of the molecule is CCOC(=O)COc1c(C(=O)O)sc(-c2cccc(NC3CCNCC3)c2)c1Br. The molecule has 2 heterocycles. The van der Waals surface area contributed by atoms with Crippen molar-refractivity contribution in [1.29, 1.82) is 0 Å². The number of aromatic carboxylic acids is 1. The summed E-state index contributed by atoms with van der Waals surface area (Å²) in [5.74, 6) is -1.51. The molecule has 0 spiro atoms. The van der Waals surface area contributed by atoms with E-state index in [4.69, 9.17) is 9.47 Å². The third-order valence-electron chi connectivity index (χ3n) is 4.48. The number of ether oxygens (including phenoxy) is 2. The van der Waals surface area contributed by atoms with Gasteiger partial charge in [-0.05, 0) is 66.5 Å². The summed E-state index contributed by atoms with van der Waals surface area (Å²) in [7, 11) is 0. The van der Waals surface area contributed by atoms with Crippen molar-refractivity contribution in [1.82, 2.24) is 5.32 Å². The minimum Gasteiger partial charge on any atom is -0.479 e. The zero-order valence-corrected chi connectivity index (χ0v) is 18.4. The number of rotatable bonds is 8. The van der Waals surface area contributed by atoms with E-state index in [1.165, 1.54) is 0 Å². The molecule has 156 valence electrons. The Morgan fingerprint density at radius 2 is 2.10 bits per heavy atom. The fraction of sp³-hybridized carbons (Fsp3) is 0.400. The number of halogens is 1. The van der Waals surface area contributed by atoms with Crippen LogP contribution in [0.3, 0.4) is 0 Å². The lowest BCUT2D eigenvalue weighted by Gasteiger charge is -2.24. The normalized spacial score (nSPS) is 14.4. The first kappa shape index (κ1) is 21.6. The summed E-state index contributed by atoms with van der Waals surface area (Å²) in [5.41, 5.74) is 1.86. The van der Waals surface area contributed by atoms with Gasteiger partial charge in [0.25, 0.3) is 0 Å². The third kappa shape index (κ3) is 5.49. The lowest BCUT2D eigenvalue weighted by molar-refractivity contribution is -0.145. The zero-order valence-electron chi connectivity index (χ0n) is 16.0. The van der Waals surface area contributed by atoms with Crippen molar-refractivity contribution in [3.8, 4) is 16.2 Å². The van der Waals surface area contributed by atoms with Crippen molar-refractivity contribution in [3.63, 3.8) is 0 Å². The largest absolute Gasteiger partial charge is 0.479 e. The molecular weight excluding hydrogens is 460 g/mol. The molecule has 0 bridgehead atoms. The quantitative estimate of drug-likeness (QED) is 0.489. The van der Waals surface area contributed by atoms with Crippen molar-refractivity contribution in [2.45, 2.75) is 25.8 Å². The Kier molecular flexibility index (Phi) is 7.51. The van der Waals surface area contributed by atoms with E-state index in [-0.39, 0.29) is 23.8 Å². The number of piperidine rings is 1. The molecule has 1 fully saturated rings. The van der Waals surface area contributed by atoms with Crippen molar-refractivity contribution in [3.05, 3.63) is 33.6 Å². The van der Waals surface area contributed by atoms with Crippen molar-refractivity contribution < 1.29 is 24.2 Å². The molecule has 3 rings (SSSR count). The second kappa shape index (κ2) is 10.1. The molecule has 0 unspecified atom stereocenters. The molecule has 7 nitrogen and oxygen atoms in total. The molecule has 0 radical (unpaired) electrons. The number of hydrogen-bond donors (Lipinski definition) is 3. The molecule has 2 aromatic rings. The number of carboxylic acid groups (broad SMARTS) is 1. The fourth-order valence-corrected chi connectivity index (χ4v) is 5.03. The number of nitrogens with one attached hydrogen (secondary N) is 2. The van der Waals surface area contributed by atoms with Gasteiger partial charge in [0, 0.05) is 11.7 Å². The second-order valence-corrected chi connectivity index (χ2v) is 8.37. The van der Waals surface area contributed by atoms with Crippen LogP contribution in [0.5, 0.6) is 5.75 Å². The molecule has 0 aliphatic carbocycles. The number of esters is 1. The predicted molar refractivity (Wildman–Crippen MR) is 116 cm³/mol. The lowest BCUT2D eigenvalue weighted by atomic mass is 10.1. The van der Waals surface area contributed by atoms with Crippen LogP contribution in [0.25, 0.3) is 10.4 Å². The number of carboxylic acids is 1. The van der Waals surface area contributed by atoms with E-state index in [1.807, 2.05) is 24.3 Å². The van der Waals surface area contributed by atoms with E-state index in [1.54, 1.807) is 6.92 Å². The Balaban J connectivity index is 1.84. The topological polar surface area (TPSA) is 96.9 Å². The van der Waals surface area contributed by atoms with Gasteiger partial charge in [0.1, 0.15) is 0 Å². The fourth-order valence-electron chi connectivity index (χ4n) is 3.14. The number of hydrogen-bond acceptors (Lipinski definition) is 7. The van der Waals surface area contributed by atoms with Gasteiger partial charge in [-0.1, -0.05) is 12.1 Å². The van der Waals surface area contributed by atoms with Crippen molar-refractivity contribution >= 4 is 44.9 Å². The summed E-state index contributed by atoms with van der Waals surface area (Å²) >= 11 is 4.57. The smallest absolute Gasteiger partial charge is 0.349 e. The Hall–Kier alpha value is -2.10. The molecule has 1 aliphatic heterocycles. The summed E-state index contributed by atoms with van der Waals surface area (Å²) in [4.78, 5) is 24.1. The minimum absolute atomic E-state index is 0.0351. The first-order valence-electron chi connectivity index (χ1n) is 9.41. The number of carbonyl (C=O) groups excluding carboxylic acids is 1. The first-order valence-corrected chi connectivity index (χ1v) is 11.0. The Morgan fingerprint density at radius 3 is 2.79 bits per heavy atom. The minimum atomic E-state index is -1.11. The monoisotopic (exact) mass is 482 g/mol. The van der Waals surface area contributed by atoms with Crippen LogP contribution in [-0.2, 0) is 9.53 Å². The van der Waals surface area contributed by atoms with Gasteiger partial charge in [-0.2, -0.15) is 0 Å². The molecule has 29 heavy (non-hydrogen) atoms. The van der Waals surface area contributed by atoms with Crippen LogP contribution in [0.2, 0.25) is 0 Å². The van der Waals surface area contributed by atoms with Crippen LogP contribution in [0.15, 0.2) is 28.7 Å². The molecule has 0 saturated carbocycles. The van der Waals surface area contributed by atoms with Crippen LogP contribution < -0.4 is 15.4 Å². The molecule has 1 saturated heterocycles. The van der Waals surface area contributed by atoms with E-state index in [0.717, 1.165) is 53.4 Å². The summed E-state index contributed by atoms with van der Waals surface area (Å²) < 4.78 is 10.8. The molecule has 0 atom stereocenters. The molecule has 1 aliphatic rings. The highest BCUT2D eigenvalue weighted by Crippen LogP contribution is 2.46. The lowest BCUT2D eigenvalue weighted by Crippen LogP contribution is -2.35. The Labute approximate surface area is 181 Å². The Bertz CT molecular complexity index is 880. The van der Waals surface area contributed by atoms with E-state index in [0.29, 0.717) is 10.5 Å². The maximum absolute atomic E-state index is 11.7. The molecule has 1 aromatic carbocycles. The molecule has 1 aromatic heterocycles. The van der Waals surface area contributed by atoms with Gasteiger partial charge < -0.3 is 25.2 Å². The average Bonchev–Trinajstić information content (AvgIpc) is 3.04. The van der Waals surface area contributed by atoms with Crippen molar-refractivity contribution in [2.75, 3.05) is 31.6 Å². The third-order valence-corrected chi connectivity index (χ3v) is 6.70. The first-order chi connectivity index (χ1) is 14.0. The highest BCUT2D eigenvalue weighted by atomic mass is 79.9. The van der Waals surface area contributed by atoms with Gasteiger partial charge in [0.2, 0.25) is 0 Å². The summed E-state index contributed by atoms with van der Waals surface area (Å²) in [5, 5.41) is 16.5. The maximum Gasteiger partial charge on any atom is 0.349 e. The summed E-state index contributed by atoms with van der Waals surface area (Å²) in [6.45, 7) is 3.58. The molecular formula is C20H23BrN2O5S. The van der Waals surface area contributed by atoms with E-state index in [9.17, 15) is 14.7 Å². The highest BCUT2D eigenvalue weighted by Gasteiger charge is 2.25. The summed E-state index contributed by atoms with van der Waals surface area (Å²) in [6.07, 6.45) is 2.11. The van der Waals surface area contributed by atoms with E-state index >= 15 is 0 Å². The van der Waals surface area contributed by atoms with Gasteiger partial charge in [-0.15, -0.1) is 11.3 Å². The Morgan fingerprint density at radius 1 is 1.34 bits per heavy atom. The molecule has 0 amide bonds. The van der Waals surface area contributed by atoms with Crippen LogP contribution >= 0.6 is 27.3 Å². The molecule has 3 N–H and O–H groups in total. The number of benzene rings is 1. The second-order valence-electron chi connectivity index (χ2n) is 6.55. The van der Waals surface area contributed by atoms with Gasteiger partial charge in [0.15, 0.2) is 17.2 Å².